The van der Waals surface area contributed by atoms with Gasteiger partial charge < -0.3 is 4.74 Å². The number of sulfonamides is 1. The van der Waals surface area contributed by atoms with Gasteiger partial charge in [0.1, 0.15) is 0 Å². The van der Waals surface area contributed by atoms with E-state index in [-0.39, 0.29) is 16.9 Å². The van der Waals surface area contributed by atoms with Crippen molar-refractivity contribution in [3.8, 4) is 0 Å². The largest absolute Gasteiger partial charge is 0.464 e. The van der Waals surface area contributed by atoms with Crippen LogP contribution in [0.1, 0.15) is 16.1 Å². The molecule has 0 spiro atoms. The van der Waals surface area contributed by atoms with E-state index >= 15 is 0 Å². The highest BCUT2D eigenvalue weighted by atomic mass is 32.2. The Morgan fingerprint density at radius 1 is 1.30 bits per heavy atom. The zero-order valence-corrected chi connectivity index (χ0v) is 15.0. The number of nitro benzene ring substituents is 1. The fourth-order valence-electron chi connectivity index (χ4n) is 2.67. The van der Waals surface area contributed by atoms with Gasteiger partial charge in [-0.3, -0.25) is 19.9 Å². The fourth-order valence-corrected chi connectivity index (χ4v) is 4.12. The average molecular weight is 390 g/mol. The number of nitrogens with one attached hydrogen (secondary N) is 2. The standard InChI is InChI=1S/C16H14N4O6S/c1-9-4-3-5-13(20(22)23)15(9)27(24,25)19-10-6-7-12-11(8-10)14(18-17-12)16(21)26-2/h3-8,19H,1-2H3,(H,17,18). The summed E-state index contributed by atoms with van der Waals surface area (Å²) in [5.41, 5.74) is 0.320. The number of hydrogen-bond donors (Lipinski definition) is 2. The predicted molar refractivity (Wildman–Crippen MR) is 96.1 cm³/mol. The summed E-state index contributed by atoms with van der Waals surface area (Å²) in [6, 6.07) is 8.37. The lowest BCUT2D eigenvalue weighted by atomic mass is 10.2. The van der Waals surface area contributed by atoms with Crippen LogP contribution >= 0.6 is 0 Å². The number of hydrogen-bond acceptors (Lipinski definition) is 7. The van der Waals surface area contributed by atoms with Gasteiger partial charge in [0.2, 0.25) is 0 Å². The third-order valence-electron chi connectivity index (χ3n) is 3.85. The molecule has 0 aliphatic carbocycles. The Labute approximate surface area is 153 Å². The van der Waals surface area contributed by atoms with E-state index in [0.717, 1.165) is 6.07 Å². The highest BCUT2D eigenvalue weighted by Gasteiger charge is 2.28. The number of aromatic nitrogens is 2. The maximum Gasteiger partial charge on any atom is 0.359 e. The number of fused-ring (bicyclic) bond motifs is 1. The van der Waals surface area contributed by atoms with Crippen LogP contribution in [0.3, 0.4) is 0 Å². The van der Waals surface area contributed by atoms with Crippen molar-refractivity contribution in [2.24, 2.45) is 0 Å². The molecule has 0 amide bonds. The number of carbonyl (C=O) groups excluding carboxylic acids is 1. The Morgan fingerprint density at radius 3 is 2.70 bits per heavy atom. The number of carbonyl (C=O) groups is 1. The van der Waals surface area contributed by atoms with Gasteiger partial charge in [-0.2, -0.15) is 5.10 Å². The van der Waals surface area contributed by atoms with E-state index in [2.05, 4.69) is 19.7 Å². The third kappa shape index (κ3) is 3.31. The molecule has 0 saturated heterocycles. The Bertz CT molecular complexity index is 1170. The number of anilines is 1. The van der Waals surface area contributed by atoms with Crippen molar-refractivity contribution in [3.05, 3.63) is 57.8 Å². The lowest BCUT2D eigenvalue weighted by Gasteiger charge is -2.11. The summed E-state index contributed by atoms with van der Waals surface area (Å²) >= 11 is 0. The normalized spacial score (nSPS) is 11.3. The van der Waals surface area contributed by atoms with Gasteiger partial charge in [0.25, 0.3) is 15.7 Å². The second-order valence-electron chi connectivity index (χ2n) is 5.61. The van der Waals surface area contributed by atoms with Gasteiger partial charge in [0, 0.05) is 17.1 Å². The maximum atomic E-state index is 12.8. The molecule has 0 unspecified atom stereocenters. The van der Waals surface area contributed by atoms with Crippen LogP contribution in [0.25, 0.3) is 10.9 Å². The molecule has 1 heterocycles. The fraction of sp³-hybridized carbons (Fsp3) is 0.125. The van der Waals surface area contributed by atoms with Crippen LogP contribution in [-0.2, 0) is 14.8 Å². The number of aromatic amines is 1. The first kappa shape index (κ1) is 18.3. The lowest BCUT2D eigenvalue weighted by molar-refractivity contribution is -0.387. The quantitative estimate of drug-likeness (QED) is 0.386. The zero-order valence-electron chi connectivity index (χ0n) is 14.2. The number of nitro groups is 1. The molecule has 0 aliphatic rings. The number of benzene rings is 2. The molecule has 1 aromatic heterocycles. The first-order valence-corrected chi connectivity index (χ1v) is 9.06. The second-order valence-corrected chi connectivity index (χ2v) is 7.23. The van der Waals surface area contributed by atoms with E-state index in [0.29, 0.717) is 10.9 Å². The molecule has 2 N–H and O–H groups in total. The van der Waals surface area contributed by atoms with Crippen LogP contribution in [0.5, 0.6) is 0 Å². The number of rotatable bonds is 5. The van der Waals surface area contributed by atoms with Crippen LogP contribution in [0, 0.1) is 17.0 Å². The van der Waals surface area contributed by atoms with Gasteiger partial charge in [-0.25, -0.2) is 13.2 Å². The molecule has 0 radical (unpaired) electrons. The number of H-pyrrole nitrogens is 1. The maximum absolute atomic E-state index is 12.8. The van der Waals surface area contributed by atoms with Gasteiger partial charge >= 0.3 is 5.97 Å². The van der Waals surface area contributed by atoms with Crippen molar-refractivity contribution in [1.29, 1.82) is 0 Å². The number of ether oxygens (including phenoxy) is 1. The predicted octanol–water partition coefficient (Wildman–Crippen LogP) is 2.37. The molecule has 3 aromatic rings. The van der Waals surface area contributed by atoms with E-state index in [1.807, 2.05) is 0 Å². The third-order valence-corrected chi connectivity index (χ3v) is 5.42. The lowest BCUT2D eigenvalue weighted by Crippen LogP contribution is -2.16. The molecule has 27 heavy (non-hydrogen) atoms. The van der Waals surface area contributed by atoms with Gasteiger partial charge in [-0.15, -0.1) is 0 Å². The first-order chi connectivity index (χ1) is 12.7. The van der Waals surface area contributed by atoms with E-state index in [1.54, 1.807) is 0 Å². The van der Waals surface area contributed by atoms with Crippen LogP contribution in [0.4, 0.5) is 11.4 Å². The summed E-state index contributed by atoms with van der Waals surface area (Å²) in [6.07, 6.45) is 0. The SMILES string of the molecule is COC(=O)c1n[nH]c2ccc(NS(=O)(=O)c3c(C)cccc3[N+](=O)[O-])cc12. The minimum atomic E-state index is -4.25. The van der Waals surface area contributed by atoms with Crippen molar-refractivity contribution < 1.29 is 22.9 Å². The van der Waals surface area contributed by atoms with E-state index < -0.39 is 31.5 Å². The second kappa shape index (κ2) is 6.68. The van der Waals surface area contributed by atoms with Gasteiger partial charge in [0.15, 0.2) is 10.6 Å². The Hall–Kier alpha value is -3.47. The molecule has 3 rings (SSSR count). The highest BCUT2D eigenvalue weighted by molar-refractivity contribution is 7.93. The zero-order chi connectivity index (χ0) is 19.8. The summed E-state index contributed by atoms with van der Waals surface area (Å²) in [7, 11) is -3.05. The number of nitrogens with zero attached hydrogens (tertiary/aromatic N) is 2. The molecule has 11 heteroatoms. The van der Waals surface area contributed by atoms with Gasteiger partial charge in [-0.05, 0) is 30.7 Å². The van der Waals surface area contributed by atoms with Crippen molar-refractivity contribution in [2.75, 3.05) is 11.8 Å². The van der Waals surface area contributed by atoms with Gasteiger partial charge in [0.05, 0.1) is 17.5 Å². The van der Waals surface area contributed by atoms with Crippen LogP contribution in [-0.4, -0.2) is 36.6 Å². The van der Waals surface area contributed by atoms with Crippen LogP contribution in [0.2, 0.25) is 0 Å². The van der Waals surface area contributed by atoms with Crippen molar-refractivity contribution in [3.63, 3.8) is 0 Å². The highest BCUT2D eigenvalue weighted by Crippen LogP contribution is 2.30. The van der Waals surface area contributed by atoms with Crippen molar-refractivity contribution >= 4 is 38.3 Å². The molecule has 0 fully saturated rings. The topological polar surface area (TPSA) is 144 Å². The Kier molecular flexibility index (Phi) is 4.54. The molecule has 10 nitrogen and oxygen atoms in total. The molecule has 0 atom stereocenters. The average Bonchev–Trinajstić information content (AvgIpc) is 3.03. The molecule has 2 aromatic carbocycles. The van der Waals surface area contributed by atoms with Crippen molar-refractivity contribution in [1.82, 2.24) is 10.2 Å². The summed E-state index contributed by atoms with van der Waals surface area (Å²) < 4.78 is 32.5. The Morgan fingerprint density at radius 2 is 2.04 bits per heavy atom. The molecule has 140 valence electrons. The monoisotopic (exact) mass is 390 g/mol. The molecular formula is C16H14N4O6S. The summed E-state index contributed by atoms with van der Waals surface area (Å²) in [5, 5.41) is 18.1. The van der Waals surface area contributed by atoms with Gasteiger partial charge in [-0.1, -0.05) is 12.1 Å². The summed E-state index contributed by atoms with van der Waals surface area (Å²) in [4.78, 5) is 21.8. The van der Waals surface area contributed by atoms with E-state index in [9.17, 15) is 23.3 Å². The number of esters is 1. The molecule has 0 aliphatic heterocycles. The van der Waals surface area contributed by atoms with Crippen LogP contribution < -0.4 is 4.72 Å². The van der Waals surface area contributed by atoms with Crippen LogP contribution in [0.15, 0.2) is 41.3 Å². The summed E-state index contributed by atoms with van der Waals surface area (Å²) in [5.74, 6) is -0.684. The first-order valence-electron chi connectivity index (χ1n) is 7.58. The number of aryl methyl sites for hydroxylation is 1. The summed E-state index contributed by atoms with van der Waals surface area (Å²) in [6.45, 7) is 1.47. The molecule has 0 bridgehead atoms. The minimum Gasteiger partial charge on any atom is -0.464 e. The Balaban J connectivity index is 2.07. The van der Waals surface area contributed by atoms with E-state index in [1.165, 1.54) is 44.4 Å². The molecule has 0 saturated carbocycles. The van der Waals surface area contributed by atoms with Crippen molar-refractivity contribution in [2.45, 2.75) is 11.8 Å². The smallest absolute Gasteiger partial charge is 0.359 e. The minimum absolute atomic E-state index is 0.00424. The number of methoxy groups -OCH3 is 1. The van der Waals surface area contributed by atoms with E-state index in [4.69, 9.17) is 0 Å². The molecular weight excluding hydrogens is 376 g/mol.